The molecular formula is C30H30FNO. The minimum absolute atomic E-state index is 0.242. The van der Waals surface area contributed by atoms with E-state index in [4.69, 9.17) is 0 Å². The molecule has 1 fully saturated rings. The maximum absolute atomic E-state index is 15.1. The number of likely N-dealkylation sites (tertiary alicyclic amines) is 1. The lowest BCUT2D eigenvalue weighted by atomic mass is 9.88. The molecule has 3 aromatic carbocycles. The average Bonchev–Trinajstić information content (AvgIpc) is 3.35. The standard InChI is InChI=1S/C30H30FNO/c1-2-28(24-9-4-3-5-10-24)29(21-23-12-16-27(33)17-13-23)26-15-14-25(30(31)22-26)11-8-20-32-18-6-7-19-32/h3-5,9-10,12-17,22,33H,2,6-7,18-21H2,1H3. The smallest absolute Gasteiger partial charge is 0.139 e. The van der Waals surface area contributed by atoms with Crippen LogP contribution in [0.15, 0.2) is 72.8 Å². The Bertz CT molecular complexity index is 1160. The van der Waals surface area contributed by atoms with Crippen molar-refractivity contribution in [2.24, 2.45) is 0 Å². The molecular weight excluding hydrogens is 409 g/mol. The lowest BCUT2D eigenvalue weighted by Crippen LogP contribution is -2.18. The van der Waals surface area contributed by atoms with Gasteiger partial charge in [0, 0.05) is 0 Å². The van der Waals surface area contributed by atoms with Crippen LogP contribution in [0.25, 0.3) is 11.1 Å². The second-order valence-electron chi connectivity index (χ2n) is 8.50. The van der Waals surface area contributed by atoms with Gasteiger partial charge in [-0.25, -0.2) is 4.39 Å². The molecule has 1 N–H and O–H groups in total. The summed E-state index contributed by atoms with van der Waals surface area (Å²) in [5.74, 6) is 6.12. The van der Waals surface area contributed by atoms with Crippen molar-refractivity contribution in [2.45, 2.75) is 32.6 Å². The minimum atomic E-state index is -0.284. The van der Waals surface area contributed by atoms with Crippen LogP contribution in [0.3, 0.4) is 0 Å². The van der Waals surface area contributed by atoms with E-state index in [9.17, 15) is 5.11 Å². The molecule has 0 unspecified atom stereocenters. The fourth-order valence-electron chi connectivity index (χ4n) is 4.42. The van der Waals surface area contributed by atoms with Gasteiger partial charge in [-0.3, -0.25) is 4.90 Å². The first-order valence-corrected chi connectivity index (χ1v) is 11.7. The van der Waals surface area contributed by atoms with Gasteiger partial charge in [-0.15, -0.1) is 0 Å². The largest absolute Gasteiger partial charge is 0.508 e. The number of nitrogens with zero attached hydrogens (tertiary/aromatic N) is 1. The van der Waals surface area contributed by atoms with Gasteiger partial charge in [-0.05, 0) is 90.9 Å². The van der Waals surface area contributed by atoms with Crippen molar-refractivity contribution in [1.82, 2.24) is 4.90 Å². The molecule has 2 nitrogen and oxygen atoms in total. The molecule has 0 spiro atoms. The molecule has 0 bridgehead atoms. The van der Waals surface area contributed by atoms with E-state index < -0.39 is 0 Å². The molecule has 0 aliphatic carbocycles. The summed E-state index contributed by atoms with van der Waals surface area (Å²) in [6.45, 7) is 5.00. The van der Waals surface area contributed by atoms with E-state index in [1.165, 1.54) is 18.4 Å². The van der Waals surface area contributed by atoms with Crippen molar-refractivity contribution in [1.29, 1.82) is 0 Å². The number of aromatic hydroxyl groups is 1. The highest BCUT2D eigenvalue weighted by atomic mass is 19.1. The van der Waals surface area contributed by atoms with Gasteiger partial charge < -0.3 is 5.11 Å². The minimum Gasteiger partial charge on any atom is -0.508 e. The summed E-state index contributed by atoms with van der Waals surface area (Å²) in [5, 5.41) is 9.67. The van der Waals surface area contributed by atoms with Gasteiger partial charge in [0.1, 0.15) is 11.6 Å². The zero-order chi connectivity index (χ0) is 23.0. The molecule has 0 saturated carbocycles. The van der Waals surface area contributed by atoms with Gasteiger partial charge in [0.15, 0.2) is 0 Å². The van der Waals surface area contributed by atoms with Crippen molar-refractivity contribution in [3.05, 3.63) is 101 Å². The van der Waals surface area contributed by atoms with Gasteiger partial charge in [-0.1, -0.05) is 67.3 Å². The molecule has 0 radical (unpaired) electrons. The summed E-state index contributed by atoms with van der Waals surface area (Å²) in [6, 6.07) is 22.9. The first-order valence-electron chi connectivity index (χ1n) is 11.7. The molecule has 3 aromatic rings. The van der Waals surface area contributed by atoms with E-state index in [2.05, 4.69) is 35.8 Å². The molecule has 33 heavy (non-hydrogen) atoms. The Kier molecular flexibility index (Phi) is 7.60. The summed E-state index contributed by atoms with van der Waals surface area (Å²) in [6.07, 6.45) is 3.93. The summed E-state index contributed by atoms with van der Waals surface area (Å²) >= 11 is 0. The highest BCUT2D eigenvalue weighted by Crippen LogP contribution is 2.33. The Morgan fingerprint density at radius 1 is 0.909 bits per heavy atom. The second kappa shape index (κ2) is 11.0. The first-order chi connectivity index (χ1) is 16.1. The zero-order valence-electron chi connectivity index (χ0n) is 19.2. The molecule has 3 heteroatoms. The molecule has 1 aliphatic rings. The van der Waals surface area contributed by atoms with Crippen molar-refractivity contribution in [3.63, 3.8) is 0 Å². The summed E-state index contributed by atoms with van der Waals surface area (Å²) in [7, 11) is 0. The van der Waals surface area contributed by atoms with Gasteiger partial charge in [0.2, 0.25) is 0 Å². The first kappa shape index (κ1) is 22.8. The lowest BCUT2D eigenvalue weighted by molar-refractivity contribution is 0.383. The number of hydrogen-bond donors (Lipinski definition) is 1. The normalized spacial score (nSPS) is 14.5. The monoisotopic (exact) mass is 439 g/mol. The predicted molar refractivity (Wildman–Crippen MR) is 134 cm³/mol. The number of allylic oxidation sites excluding steroid dienone is 2. The van der Waals surface area contributed by atoms with E-state index in [0.29, 0.717) is 18.5 Å². The SMILES string of the molecule is CCC(=C(Cc1ccc(O)cc1)c1ccc(C#CCN2CCCC2)c(F)c1)c1ccccc1. The lowest BCUT2D eigenvalue weighted by Gasteiger charge is -2.16. The number of halogens is 1. The van der Waals surface area contributed by atoms with Crippen LogP contribution < -0.4 is 0 Å². The third-order valence-corrected chi connectivity index (χ3v) is 6.20. The van der Waals surface area contributed by atoms with Crippen molar-refractivity contribution in [2.75, 3.05) is 19.6 Å². The fraction of sp³-hybridized carbons (Fsp3) is 0.267. The van der Waals surface area contributed by atoms with Crippen LogP contribution in [0.5, 0.6) is 5.75 Å². The van der Waals surface area contributed by atoms with E-state index in [1.807, 2.05) is 36.4 Å². The van der Waals surface area contributed by atoms with Crippen LogP contribution in [0.2, 0.25) is 0 Å². The fourth-order valence-corrected chi connectivity index (χ4v) is 4.42. The molecule has 1 heterocycles. The molecule has 0 amide bonds. The van der Waals surface area contributed by atoms with Gasteiger partial charge in [0.05, 0.1) is 12.1 Å². The van der Waals surface area contributed by atoms with Crippen LogP contribution in [0.1, 0.15) is 48.4 Å². The topological polar surface area (TPSA) is 23.5 Å². The van der Waals surface area contributed by atoms with Crippen LogP contribution in [-0.4, -0.2) is 29.6 Å². The Labute approximate surface area is 196 Å². The number of phenolic OH excluding ortho intramolecular Hbond substituents is 1. The summed E-state index contributed by atoms with van der Waals surface area (Å²) < 4.78 is 15.1. The van der Waals surface area contributed by atoms with Crippen LogP contribution in [0.4, 0.5) is 4.39 Å². The molecule has 4 rings (SSSR count). The Balaban J connectivity index is 1.69. The number of phenols is 1. The Morgan fingerprint density at radius 3 is 2.30 bits per heavy atom. The number of benzene rings is 3. The number of hydrogen-bond acceptors (Lipinski definition) is 2. The van der Waals surface area contributed by atoms with Gasteiger partial charge in [-0.2, -0.15) is 0 Å². The second-order valence-corrected chi connectivity index (χ2v) is 8.50. The summed E-state index contributed by atoms with van der Waals surface area (Å²) in [5.41, 5.74) is 5.80. The molecule has 1 saturated heterocycles. The van der Waals surface area contributed by atoms with Crippen LogP contribution in [0, 0.1) is 17.7 Å². The molecule has 168 valence electrons. The highest BCUT2D eigenvalue weighted by molar-refractivity contribution is 5.91. The van der Waals surface area contributed by atoms with Crippen molar-refractivity contribution >= 4 is 11.1 Å². The van der Waals surface area contributed by atoms with E-state index in [0.717, 1.165) is 41.8 Å². The Morgan fingerprint density at radius 2 is 1.64 bits per heavy atom. The van der Waals surface area contributed by atoms with Crippen LogP contribution in [-0.2, 0) is 6.42 Å². The average molecular weight is 440 g/mol. The molecule has 0 atom stereocenters. The van der Waals surface area contributed by atoms with Crippen molar-refractivity contribution < 1.29 is 9.50 Å². The summed E-state index contributed by atoms with van der Waals surface area (Å²) in [4.78, 5) is 2.31. The Hall–Kier alpha value is -3.35. The third-order valence-electron chi connectivity index (χ3n) is 6.20. The third kappa shape index (κ3) is 5.92. The van der Waals surface area contributed by atoms with E-state index in [-0.39, 0.29) is 11.6 Å². The van der Waals surface area contributed by atoms with Gasteiger partial charge >= 0.3 is 0 Å². The van der Waals surface area contributed by atoms with E-state index >= 15 is 4.39 Å². The highest BCUT2D eigenvalue weighted by Gasteiger charge is 2.14. The van der Waals surface area contributed by atoms with Crippen LogP contribution >= 0.6 is 0 Å². The zero-order valence-corrected chi connectivity index (χ0v) is 19.2. The predicted octanol–water partition coefficient (Wildman–Crippen LogP) is 6.54. The van der Waals surface area contributed by atoms with Crippen molar-refractivity contribution in [3.8, 4) is 17.6 Å². The maximum Gasteiger partial charge on any atom is 0.139 e. The quantitative estimate of drug-likeness (QED) is 0.348. The molecule has 0 aromatic heterocycles. The maximum atomic E-state index is 15.1. The molecule has 1 aliphatic heterocycles. The van der Waals surface area contributed by atoms with E-state index in [1.54, 1.807) is 24.3 Å². The van der Waals surface area contributed by atoms with Gasteiger partial charge in [0.25, 0.3) is 0 Å². The number of rotatable bonds is 6.